The Hall–Kier alpha value is -2.10. The van der Waals surface area contributed by atoms with Crippen LogP contribution < -0.4 is 9.62 Å². The molecule has 1 atom stereocenters. The van der Waals surface area contributed by atoms with Crippen molar-refractivity contribution in [2.45, 2.75) is 59.2 Å². The quantitative estimate of drug-likeness (QED) is 0.453. The van der Waals surface area contributed by atoms with Crippen molar-refractivity contribution in [1.29, 1.82) is 0 Å². The summed E-state index contributed by atoms with van der Waals surface area (Å²) in [4.78, 5) is 28.3. The number of nitrogens with zero attached hydrogens (tertiary/aromatic N) is 2. The number of carbonyl (C=O) groups is 2. The first-order chi connectivity index (χ1) is 16.1. The van der Waals surface area contributed by atoms with E-state index in [-0.39, 0.29) is 12.5 Å². The smallest absolute Gasteiger partial charge is 0.244 e. The van der Waals surface area contributed by atoms with Crippen molar-refractivity contribution in [2.24, 2.45) is 0 Å². The van der Waals surface area contributed by atoms with E-state index in [1.165, 1.54) is 4.90 Å². The maximum Gasteiger partial charge on any atom is 0.244 e. The largest absolute Gasteiger partial charge is 0.350 e. The first kappa shape index (κ1) is 29.1. The Bertz CT molecular complexity index is 1160. The fourth-order valence-electron chi connectivity index (χ4n) is 3.56. The van der Waals surface area contributed by atoms with Crippen LogP contribution >= 0.6 is 27.5 Å². The minimum Gasteiger partial charge on any atom is -0.350 e. The fraction of sp³-hybridized carbons (Fsp3) is 0.440. The van der Waals surface area contributed by atoms with Gasteiger partial charge in [-0.3, -0.25) is 13.9 Å². The highest BCUT2D eigenvalue weighted by atomic mass is 79.9. The molecule has 0 saturated carbocycles. The van der Waals surface area contributed by atoms with Gasteiger partial charge in [0.1, 0.15) is 12.6 Å². The van der Waals surface area contributed by atoms with E-state index in [9.17, 15) is 18.0 Å². The highest BCUT2D eigenvalue weighted by Gasteiger charge is 2.33. The second kappa shape index (κ2) is 11.8. The Labute approximate surface area is 222 Å². The summed E-state index contributed by atoms with van der Waals surface area (Å²) in [7, 11) is -3.78. The number of amides is 2. The average molecular weight is 587 g/mol. The van der Waals surface area contributed by atoms with E-state index < -0.39 is 34.1 Å². The lowest BCUT2D eigenvalue weighted by atomic mass is 10.1. The maximum atomic E-state index is 13.7. The van der Waals surface area contributed by atoms with Crippen LogP contribution in [-0.2, 0) is 26.2 Å². The first-order valence-electron chi connectivity index (χ1n) is 11.2. The highest BCUT2D eigenvalue weighted by molar-refractivity contribution is 9.10. The molecule has 1 N–H and O–H groups in total. The van der Waals surface area contributed by atoms with E-state index in [2.05, 4.69) is 21.2 Å². The number of rotatable bonds is 9. The van der Waals surface area contributed by atoms with Gasteiger partial charge < -0.3 is 10.2 Å². The van der Waals surface area contributed by atoms with E-state index in [0.29, 0.717) is 17.1 Å². The molecule has 7 nitrogen and oxygen atoms in total. The minimum atomic E-state index is -3.78. The lowest BCUT2D eigenvalue weighted by Crippen LogP contribution is -2.55. The Kier molecular flexibility index (Phi) is 9.79. The molecule has 0 radical (unpaired) electrons. The molecular formula is C25H33BrClN3O4S. The summed E-state index contributed by atoms with van der Waals surface area (Å²) >= 11 is 9.43. The molecule has 10 heteroatoms. The standard InChI is InChI=1S/C25H33BrClN3O4S/c1-7-22(24(32)28-25(3,4)5)29(15-18-8-10-19(27)11-9-18)23(31)16-30(35(6,33)34)20-12-13-21(26)17(2)14-20/h8-14,22H,7,15-16H2,1-6H3,(H,28,32)/t22-/m1/s1. The van der Waals surface area contributed by atoms with Gasteiger partial charge in [-0.15, -0.1) is 0 Å². The van der Waals surface area contributed by atoms with Crippen LogP contribution in [0.2, 0.25) is 5.02 Å². The van der Waals surface area contributed by atoms with Crippen LogP contribution in [0.25, 0.3) is 0 Å². The molecule has 0 fully saturated rings. The summed E-state index contributed by atoms with van der Waals surface area (Å²) in [6.45, 7) is 8.95. The summed E-state index contributed by atoms with van der Waals surface area (Å²) in [6.07, 6.45) is 1.42. The monoisotopic (exact) mass is 585 g/mol. The number of aryl methyl sites for hydroxylation is 1. The van der Waals surface area contributed by atoms with Crippen molar-refractivity contribution in [3.63, 3.8) is 0 Å². The van der Waals surface area contributed by atoms with Gasteiger partial charge in [0.2, 0.25) is 21.8 Å². The number of hydrogen-bond acceptors (Lipinski definition) is 4. The molecule has 0 heterocycles. The molecule has 0 aromatic heterocycles. The van der Waals surface area contributed by atoms with Crippen LogP contribution in [0.1, 0.15) is 45.2 Å². The number of carbonyl (C=O) groups excluding carboxylic acids is 2. The second-order valence-corrected chi connectivity index (χ2v) is 12.7. The van der Waals surface area contributed by atoms with Gasteiger partial charge in [-0.05, 0) is 75.6 Å². The number of hydrogen-bond donors (Lipinski definition) is 1. The molecule has 0 aliphatic heterocycles. The van der Waals surface area contributed by atoms with Crippen LogP contribution in [0.5, 0.6) is 0 Å². The van der Waals surface area contributed by atoms with E-state index in [1.54, 1.807) is 42.5 Å². The van der Waals surface area contributed by atoms with Gasteiger partial charge in [0.05, 0.1) is 11.9 Å². The lowest BCUT2D eigenvalue weighted by Gasteiger charge is -2.34. The summed E-state index contributed by atoms with van der Waals surface area (Å²) in [5, 5.41) is 3.49. The number of sulfonamides is 1. The van der Waals surface area contributed by atoms with Gasteiger partial charge in [-0.1, -0.05) is 46.6 Å². The molecule has 0 saturated heterocycles. The number of anilines is 1. The van der Waals surface area contributed by atoms with Crippen molar-refractivity contribution < 1.29 is 18.0 Å². The average Bonchev–Trinajstić information content (AvgIpc) is 2.73. The van der Waals surface area contributed by atoms with Gasteiger partial charge in [0, 0.05) is 21.6 Å². The Morgan fingerprint density at radius 3 is 2.20 bits per heavy atom. The molecule has 2 amide bonds. The van der Waals surface area contributed by atoms with Gasteiger partial charge >= 0.3 is 0 Å². The third-order valence-corrected chi connectivity index (χ3v) is 7.54. The number of halogens is 2. The Morgan fingerprint density at radius 1 is 1.11 bits per heavy atom. The van der Waals surface area contributed by atoms with Crippen LogP contribution in [-0.4, -0.2) is 49.5 Å². The van der Waals surface area contributed by atoms with Crippen LogP contribution in [0.15, 0.2) is 46.9 Å². The van der Waals surface area contributed by atoms with Gasteiger partial charge in [0.25, 0.3) is 0 Å². The molecule has 192 valence electrons. The molecule has 0 aliphatic carbocycles. The molecular weight excluding hydrogens is 554 g/mol. The van der Waals surface area contributed by atoms with Gasteiger partial charge in [-0.25, -0.2) is 8.42 Å². The molecule has 2 aromatic carbocycles. The number of benzene rings is 2. The van der Waals surface area contributed by atoms with Crippen LogP contribution in [0, 0.1) is 6.92 Å². The normalized spacial score (nSPS) is 12.7. The van der Waals surface area contributed by atoms with E-state index >= 15 is 0 Å². The van der Waals surface area contributed by atoms with Crippen LogP contribution in [0.4, 0.5) is 5.69 Å². The Morgan fingerprint density at radius 2 is 1.71 bits per heavy atom. The first-order valence-corrected chi connectivity index (χ1v) is 14.2. The summed E-state index contributed by atoms with van der Waals surface area (Å²) < 4.78 is 27.3. The molecule has 2 aromatic rings. The maximum absolute atomic E-state index is 13.7. The zero-order chi connectivity index (χ0) is 26.6. The van der Waals surface area contributed by atoms with Crippen molar-refractivity contribution in [1.82, 2.24) is 10.2 Å². The van der Waals surface area contributed by atoms with Crippen molar-refractivity contribution in [3.8, 4) is 0 Å². The van der Waals surface area contributed by atoms with Crippen molar-refractivity contribution in [3.05, 3.63) is 63.1 Å². The van der Waals surface area contributed by atoms with Gasteiger partial charge in [-0.2, -0.15) is 0 Å². The van der Waals surface area contributed by atoms with E-state index in [0.717, 1.165) is 26.2 Å². The second-order valence-electron chi connectivity index (χ2n) is 9.51. The number of nitrogens with one attached hydrogen (secondary N) is 1. The van der Waals surface area contributed by atoms with E-state index in [4.69, 9.17) is 11.6 Å². The lowest BCUT2D eigenvalue weighted by molar-refractivity contribution is -0.141. The molecule has 0 spiro atoms. The molecule has 0 unspecified atom stereocenters. The predicted molar refractivity (Wildman–Crippen MR) is 145 cm³/mol. The van der Waals surface area contributed by atoms with Gasteiger partial charge in [0.15, 0.2) is 0 Å². The molecule has 0 aliphatic rings. The van der Waals surface area contributed by atoms with Crippen LogP contribution in [0.3, 0.4) is 0 Å². The molecule has 2 rings (SSSR count). The SMILES string of the molecule is CC[C@H](C(=O)NC(C)(C)C)N(Cc1ccc(Cl)cc1)C(=O)CN(c1ccc(Br)c(C)c1)S(C)(=O)=O. The Balaban J connectivity index is 2.47. The zero-order valence-electron chi connectivity index (χ0n) is 20.9. The fourth-order valence-corrected chi connectivity index (χ4v) is 4.77. The zero-order valence-corrected chi connectivity index (χ0v) is 24.1. The van der Waals surface area contributed by atoms with Crippen molar-refractivity contribution >= 4 is 55.1 Å². The molecule has 0 bridgehead atoms. The molecule has 35 heavy (non-hydrogen) atoms. The van der Waals surface area contributed by atoms with Crippen molar-refractivity contribution in [2.75, 3.05) is 17.1 Å². The predicted octanol–water partition coefficient (Wildman–Crippen LogP) is 4.90. The summed E-state index contributed by atoms with van der Waals surface area (Å²) in [6, 6.07) is 11.3. The summed E-state index contributed by atoms with van der Waals surface area (Å²) in [5.74, 6) is -0.783. The summed E-state index contributed by atoms with van der Waals surface area (Å²) in [5.41, 5.74) is 1.49. The third-order valence-electron chi connectivity index (χ3n) is 5.26. The topological polar surface area (TPSA) is 86.8 Å². The van der Waals surface area contributed by atoms with E-state index in [1.807, 2.05) is 34.6 Å². The third kappa shape index (κ3) is 8.51. The highest BCUT2D eigenvalue weighted by Crippen LogP contribution is 2.25. The minimum absolute atomic E-state index is 0.128.